The van der Waals surface area contributed by atoms with Gasteiger partial charge >= 0.3 is 0 Å². The van der Waals surface area contributed by atoms with Crippen molar-refractivity contribution in [1.82, 2.24) is 3.97 Å². The number of para-hydroxylation sites is 1. The van der Waals surface area contributed by atoms with Crippen LogP contribution in [0.3, 0.4) is 0 Å². The summed E-state index contributed by atoms with van der Waals surface area (Å²) >= 11 is 0. The minimum absolute atomic E-state index is 0.0262. The van der Waals surface area contributed by atoms with E-state index >= 15 is 0 Å². The number of rotatable bonds is 5. The van der Waals surface area contributed by atoms with E-state index in [1.54, 1.807) is 18.3 Å². The maximum absolute atomic E-state index is 13.3. The minimum atomic E-state index is -3.95. The minimum Gasteiger partial charge on any atom is -0.507 e. The van der Waals surface area contributed by atoms with Crippen molar-refractivity contribution in [3.63, 3.8) is 0 Å². The molecule has 1 N–H and O–H groups in total. The lowest BCUT2D eigenvalue weighted by atomic mass is 9.99. The van der Waals surface area contributed by atoms with Crippen LogP contribution in [0.15, 0.2) is 71.8 Å². The topological polar surface area (TPSA) is 102 Å². The van der Waals surface area contributed by atoms with Crippen LogP contribution in [-0.4, -0.2) is 22.4 Å². The summed E-state index contributed by atoms with van der Waals surface area (Å²) in [6, 6.07) is 15.8. The molecule has 0 bridgehead atoms. The molecule has 4 rings (SSSR count). The quantitative estimate of drug-likeness (QED) is 0.361. The van der Waals surface area contributed by atoms with Crippen molar-refractivity contribution in [3.05, 3.63) is 99.2 Å². The summed E-state index contributed by atoms with van der Waals surface area (Å²) in [4.78, 5) is 10.3. The number of non-ortho nitro benzene ring substituents is 1. The molecule has 0 amide bonds. The number of nitrogens with zero attached hydrogens (tertiary/aromatic N) is 2. The van der Waals surface area contributed by atoms with Crippen LogP contribution in [0.5, 0.6) is 5.75 Å². The van der Waals surface area contributed by atoms with Crippen LogP contribution in [0.4, 0.5) is 5.69 Å². The molecule has 158 valence electrons. The van der Waals surface area contributed by atoms with Gasteiger partial charge in [-0.3, -0.25) is 10.1 Å². The molecule has 0 unspecified atom stereocenters. The molecule has 0 fully saturated rings. The molecule has 7 nitrogen and oxygen atoms in total. The number of phenols is 1. The largest absolute Gasteiger partial charge is 0.507 e. The number of nitro groups is 1. The number of nitro benzene ring substituents is 1. The average Bonchev–Trinajstić information content (AvgIpc) is 3.11. The first-order chi connectivity index (χ1) is 14.7. The first-order valence-corrected chi connectivity index (χ1v) is 11.0. The zero-order valence-corrected chi connectivity index (χ0v) is 17.8. The molecule has 3 aromatic carbocycles. The molecule has 0 saturated heterocycles. The van der Waals surface area contributed by atoms with Gasteiger partial charge in [-0.25, -0.2) is 12.4 Å². The first kappa shape index (κ1) is 20.6. The van der Waals surface area contributed by atoms with Crippen molar-refractivity contribution in [2.75, 3.05) is 0 Å². The van der Waals surface area contributed by atoms with Crippen molar-refractivity contribution in [3.8, 4) is 5.75 Å². The monoisotopic (exact) mass is 436 g/mol. The summed E-state index contributed by atoms with van der Waals surface area (Å²) in [6.45, 7) is 3.66. The average molecular weight is 436 g/mol. The molecule has 0 aliphatic carbocycles. The van der Waals surface area contributed by atoms with Crippen LogP contribution in [0.2, 0.25) is 0 Å². The Hall–Kier alpha value is -3.65. The number of aromatic nitrogens is 1. The van der Waals surface area contributed by atoms with Crippen molar-refractivity contribution in [2.24, 2.45) is 0 Å². The maximum atomic E-state index is 13.3. The molecule has 8 heteroatoms. The molecule has 0 spiro atoms. The molecule has 31 heavy (non-hydrogen) atoms. The standard InChI is InChI=1S/C23H20N2O5S/c1-15-11-17(12-16(2)23(15)26)13-18-14-24(22-6-4-3-5-21(18)22)31(29,30)20-9-7-19(8-10-20)25(27)28/h3-12,14,26H,13H2,1-2H3. The number of aromatic hydroxyl groups is 1. The van der Waals surface area contributed by atoms with Crippen LogP contribution in [0.25, 0.3) is 10.9 Å². The third kappa shape index (κ3) is 3.66. The summed E-state index contributed by atoms with van der Waals surface area (Å²) in [6.07, 6.45) is 2.09. The SMILES string of the molecule is Cc1cc(Cc2cn(S(=O)(=O)c3ccc([N+](=O)[O-])cc3)c3ccccc23)cc(C)c1O. The lowest BCUT2D eigenvalue weighted by Crippen LogP contribution is -2.11. The van der Waals surface area contributed by atoms with Gasteiger partial charge in [-0.1, -0.05) is 30.3 Å². The molecule has 0 atom stereocenters. The Kier molecular flexibility index (Phi) is 5.02. The smallest absolute Gasteiger partial charge is 0.269 e. The summed E-state index contributed by atoms with van der Waals surface area (Å²) in [7, 11) is -3.95. The van der Waals surface area contributed by atoms with Crippen LogP contribution in [0, 0.1) is 24.0 Å². The lowest BCUT2D eigenvalue weighted by molar-refractivity contribution is -0.384. The Bertz CT molecular complexity index is 1400. The fourth-order valence-corrected chi connectivity index (χ4v) is 5.17. The lowest BCUT2D eigenvalue weighted by Gasteiger charge is -2.08. The number of fused-ring (bicyclic) bond motifs is 1. The number of hydrogen-bond donors (Lipinski definition) is 1. The van der Waals surface area contributed by atoms with E-state index in [4.69, 9.17) is 0 Å². The number of phenolic OH excluding ortho intramolecular Hbond substituents is 1. The Morgan fingerprint density at radius 3 is 2.23 bits per heavy atom. The second-order valence-electron chi connectivity index (χ2n) is 7.48. The van der Waals surface area contributed by atoms with E-state index in [-0.39, 0.29) is 16.3 Å². The molecule has 0 aliphatic heterocycles. The van der Waals surface area contributed by atoms with Gasteiger partial charge in [0.2, 0.25) is 0 Å². The molecule has 1 heterocycles. The zero-order valence-electron chi connectivity index (χ0n) is 16.9. The molecule has 1 aromatic heterocycles. The highest BCUT2D eigenvalue weighted by Gasteiger charge is 2.22. The Morgan fingerprint density at radius 1 is 1.00 bits per heavy atom. The van der Waals surface area contributed by atoms with Crippen LogP contribution >= 0.6 is 0 Å². The summed E-state index contributed by atoms with van der Waals surface area (Å²) in [5.74, 6) is 0.256. The molecular weight excluding hydrogens is 416 g/mol. The van der Waals surface area contributed by atoms with Crippen molar-refractivity contribution in [1.29, 1.82) is 0 Å². The third-order valence-electron chi connectivity index (χ3n) is 5.31. The predicted molar refractivity (Wildman–Crippen MR) is 118 cm³/mol. The van der Waals surface area contributed by atoms with Gasteiger partial charge in [0.25, 0.3) is 15.7 Å². The third-order valence-corrected chi connectivity index (χ3v) is 7.00. The number of benzene rings is 3. The van der Waals surface area contributed by atoms with E-state index in [2.05, 4.69) is 0 Å². The molecule has 0 saturated carbocycles. The van der Waals surface area contributed by atoms with Gasteiger partial charge in [0.05, 0.1) is 15.3 Å². The maximum Gasteiger partial charge on any atom is 0.269 e. The van der Waals surface area contributed by atoms with Crippen molar-refractivity contribution < 1.29 is 18.4 Å². The second kappa shape index (κ2) is 7.55. The Balaban J connectivity index is 1.82. The summed E-state index contributed by atoms with van der Waals surface area (Å²) < 4.78 is 27.8. The molecular formula is C23H20N2O5S. The molecule has 4 aromatic rings. The van der Waals surface area contributed by atoms with Gasteiger partial charge in [0.1, 0.15) is 5.75 Å². The van der Waals surface area contributed by atoms with Gasteiger partial charge in [0.15, 0.2) is 0 Å². The van der Waals surface area contributed by atoms with Gasteiger partial charge in [-0.05, 0) is 60.7 Å². The van der Waals surface area contributed by atoms with Gasteiger partial charge in [0, 0.05) is 23.7 Å². The summed E-state index contributed by atoms with van der Waals surface area (Å²) in [5.41, 5.74) is 3.67. The highest BCUT2D eigenvalue weighted by molar-refractivity contribution is 7.90. The highest BCUT2D eigenvalue weighted by Crippen LogP contribution is 2.30. The fraction of sp³-hybridized carbons (Fsp3) is 0.130. The van der Waals surface area contributed by atoms with Crippen LogP contribution in [-0.2, 0) is 16.4 Å². The van der Waals surface area contributed by atoms with Crippen molar-refractivity contribution >= 4 is 26.6 Å². The van der Waals surface area contributed by atoms with Crippen LogP contribution in [0.1, 0.15) is 22.3 Å². The van der Waals surface area contributed by atoms with Crippen molar-refractivity contribution in [2.45, 2.75) is 25.2 Å². The normalized spacial score (nSPS) is 11.7. The van der Waals surface area contributed by atoms with E-state index in [0.717, 1.165) is 27.6 Å². The Labute approximate surface area is 179 Å². The van der Waals surface area contributed by atoms with E-state index in [1.165, 1.54) is 28.2 Å². The summed E-state index contributed by atoms with van der Waals surface area (Å²) in [5, 5.41) is 21.7. The van der Waals surface area contributed by atoms with E-state index < -0.39 is 14.9 Å². The first-order valence-electron chi connectivity index (χ1n) is 9.56. The number of hydrogen-bond acceptors (Lipinski definition) is 5. The number of aryl methyl sites for hydroxylation is 2. The van der Waals surface area contributed by atoms with Gasteiger partial charge < -0.3 is 5.11 Å². The van der Waals surface area contributed by atoms with E-state index in [9.17, 15) is 23.6 Å². The van der Waals surface area contributed by atoms with E-state index in [0.29, 0.717) is 11.9 Å². The predicted octanol–water partition coefficient (Wildman–Crippen LogP) is 4.70. The zero-order chi connectivity index (χ0) is 22.3. The fourth-order valence-electron chi connectivity index (χ4n) is 3.78. The molecule has 0 aliphatic rings. The van der Waals surface area contributed by atoms with Crippen LogP contribution < -0.4 is 0 Å². The Morgan fingerprint density at radius 2 is 1.61 bits per heavy atom. The van der Waals surface area contributed by atoms with Gasteiger partial charge in [-0.15, -0.1) is 0 Å². The van der Waals surface area contributed by atoms with Gasteiger partial charge in [-0.2, -0.15) is 0 Å². The second-order valence-corrected chi connectivity index (χ2v) is 9.29. The molecule has 0 radical (unpaired) electrons. The van der Waals surface area contributed by atoms with E-state index in [1.807, 2.05) is 38.1 Å². The highest BCUT2D eigenvalue weighted by atomic mass is 32.2.